The molecule has 1 N–H and O–H groups in total. The molecule has 0 saturated heterocycles. The average molecular weight is 377 g/mol. The average Bonchev–Trinajstić information content (AvgIpc) is 2.97. The van der Waals surface area contributed by atoms with Crippen LogP contribution in [0.2, 0.25) is 0 Å². The molecule has 0 unspecified atom stereocenters. The highest BCUT2D eigenvalue weighted by molar-refractivity contribution is 7.17. The van der Waals surface area contributed by atoms with E-state index in [1.807, 2.05) is 0 Å². The largest absolute Gasteiger partial charge is 0.481 e. The van der Waals surface area contributed by atoms with Crippen molar-refractivity contribution in [3.8, 4) is 5.75 Å². The number of hydrogen-bond acceptors (Lipinski definition) is 5. The van der Waals surface area contributed by atoms with Gasteiger partial charge in [-0.15, -0.1) is 11.3 Å². The van der Waals surface area contributed by atoms with E-state index in [1.165, 1.54) is 30.6 Å². The van der Waals surface area contributed by atoms with E-state index in [-0.39, 0.29) is 12.4 Å². The summed E-state index contributed by atoms with van der Waals surface area (Å²) in [5, 5.41) is 3.19. The van der Waals surface area contributed by atoms with E-state index >= 15 is 0 Å². The van der Waals surface area contributed by atoms with Gasteiger partial charge in [0.2, 0.25) is 0 Å². The molecule has 1 aromatic heterocycles. The minimum atomic E-state index is -0.531. The zero-order valence-electron chi connectivity index (χ0n) is 14.6. The number of fused-ring (bicyclic) bond motifs is 1. The van der Waals surface area contributed by atoms with Crippen molar-refractivity contribution < 1.29 is 23.5 Å². The van der Waals surface area contributed by atoms with E-state index in [9.17, 15) is 14.0 Å². The van der Waals surface area contributed by atoms with Crippen molar-refractivity contribution in [2.24, 2.45) is 5.92 Å². The van der Waals surface area contributed by atoms with Crippen LogP contribution in [0.5, 0.6) is 5.75 Å². The quantitative estimate of drug-likeness (QED) is 0.805. The molecule has 1 amide bonds. The normalized spacial score (nSPS) is 15.9. The number of carbonyl (C=O) groups excluding carboxylic acids is 2. The summed E-state index contributed by atoms with van der Waals surface area (Å²) in [5.74, 6) is -0.890. The van der Waals surface area contributed by atoms with Crippen LogP contribution in [0.4, 0.5) is 9.39 Å². The van der Waals surface area contributed by atoms with Gasteiger partial charge in [-0.3, -0.25) is 4.79 Å². The first-order valence-electron chi connectivity index (χ1n) is 8.39. The van der Waals surface area contributed by atoms with E-state index in [0.29, 0.717) is 16.5 Å². The number of thiophene rings is 1. The Morgan fingerprint density at radius 3 is 2.85 bits per heavy atom. The number of halogens is 1. The molecule has 1 atom stereocenters. The summed E-state index contributed by atoms with van der Waals surface area (Å²) in [5.41, 5.74) is 1.39. The van der Waals surface area contributed by atoms with Crippen LogP contribution in [0.15, 0.2) is 24.3 Å². The molecule has 1 heterocycles. The Balaban J connectivity index is 1.75. The van der Waals surface area contributed by atoms with Crippen LogP contribution in [0, 0.1) is 11.7 Å². The molecular formula is C19H20FNO4S. The van der Waals surface area contributed by atoms with E-state index in [0.717, 1.165) is 29.7 Å². The van der Waals surface area contributed by atoms with Crippen molar-refractivity contribution in [3.05, 3.63) is 46.1 Å². The van der Waals surface area contributed by atoms with Crippen LogP contribution in [0.3, 0.4) is 0 Å². The van der Waals surface area contributed by atoms with Gasteiger partial charge in [-0.1, -0.05) is 19.1 Å². The molecule has 5 nitrogen and oxygen atoms in total. The van der Waals surface area contributed by atoms with Gasteiger partial charge in [0, 0.05) is 4.88 Å². The smallest absolute Gasteiger partial charge is 0.341 e. The van der Waals surface area contributed by atoms with Gasteiger partial charge in [0.15, 0.2) is 18.2 Å². The number of benzene rings is 1. The van der Waals surface area contributed by atoms with Gasteiger partial charge in [-0.2, -0.15) is 0 Å². The van der Waals surface area contributed by atoms with Crippen molar-refractivity contribution in [1.29, 1.82) is 0 Å². The highest BCUT2D eigenvalue weighted by atomic mass is 32.1. The minimum absolute atomic E-state index is 0.00939. The molecule has 0 saturated carbocycles. The number of carbonyl (C=O) groups is 2. The van der Waals surface area contributed by atoms with Gasteiger partial charge in [-0.25, -0.2) is 9.18 Å². The summed E-state index contributed by atoms with van der Waals surface area (Å²) in [6, 6.07) is 5.88. The molecule has 0 spiro atoms. The van der Waals surface area contributed by atoms with Crippen LogP contribution >= 0.6 is 11.3 Å². The number of hydrogen-bond donors (Lipinski definition) is 1. The van der Waals surface area contributed by atoms with Crippen LogP contribution in [-0.2, 0) is 22.4 Å². The fraction of sp³-hybridized carbons (Fsp3) is 0.368. The number of methoxy groups -OCH3 is 1. The lowest BCUT2D eigenvalue weighted by Crippen LogP contribution is -2.21. The summed E-state index contributed by atoms with van der Waals surface area (Å²) >= 11 is 1.40. The Bertz CT molecular complexity index is 833. The molecule has 1 aliphatic rings. The second-order valence-electron chi connectivity index (χ2n) is 6.31. The molecule has 0 bridgehead atoms. The van der Waals surface area contributed by atoms with E-state index < -0.39 is 17.7 Å². The second kappa shape index (κ2) is 7.86. The van der Waals surface area contributed by atoms with Gasteiger partial charge in [0.25, 0.3) is 5.91 Å². The molecule has 26 heavy (non-hydrogen) atoms. The van der Waals surface area contributed by atoms with Gasteiger partial charge >= 0.3 is 5.97 Å². The maximum absolute atomic E-state index is 13.6. The van der Waals surface area contributed by atoms with Gasteiger partial charge in [0.1, 0.15) is 5.00 Å². The number of ether oxygens (including phenoxy) is 2. The third-order valence-corrected chi connectivity index (χ3v) is 5.52. The summed E-state index contributed by atoms with van der Waals surface area (Å²) < 4.78 is 23.7. The molecule has 1 aliphatic carbocycles. The topological polar surface area (TPSA) is 64.6 Å². The maximum atomic E-state index is 13.6. The van der Waals surface area contributed by atoms with E-state index in [2.05, 4.69) is 12.2 Å². The lowest BCUT2D eigenvalue weighted by Gasteiger charge is -2.18. The first-order chi connectivity index (χ1) is 12.5. The second-order valence-corrected chi connectivity index (χ2v) is 7.42. The van der Waals surface area contributed by atoms with Crippen LogP contribution in [-0.4, -0.2) is 25.6 Å². The number of esters is 1. The fourth-order valence-corrected chi connectivity index (χ4v) is 4.44. The first-order valence-corrected chi connectivity index (χ1v) is 9.21. The molecule has 7 heteroatoms. The zero-order chi connectivity index (χ0) is 18.7. The summed E-state index contributed by atoms with van der Waals surface area (Å²) in [6.07, 6.45) is 2.67. The minimum Gasteiger partial charge on any atom is -0.481 e. The Hall–Kier alpha value is -2.41. The van der Waals surface area contributed by atoms with Crippen molar-refractivity contribution in [2.75, 3.05) is 19.0 Å². The molecule has 2 aromatic rings. The number of nitrogens with one attached hydrogen (secondary N) is 1. The highest BCUT2D eigenvalue weighted by Gasteiger charge is 2.28. The van der Waals surface area contributed by atoms with Crippen molar-refractivity contribution in [2.45, 2.75) is 26.2 Å². The fourth-order valence-electron chi connectivity index (χ4n) is 3.02. The van der Waals surface area contributed by atoms with Crippen LogP contribution in [0.1, 0.15) is 34.1 Å². The summed E-state index contributed by atoms with van der Waals surface area (Å²) in [7, 11) is 1.32. The molecule has 1 aromatic carbocycles. The molecule has 138 valence electrons. The first kappa shape index (κ1) is 18.4. The van der Waals surface area contributed by atoms with Gasteiger partial charge < -0.3 is 14.8 Å². The van der Waals surface area contributed by atoms with Crippen molar-refractivity contribution in [1.82, 2.24) is 0 Å². The van der Waals surface area contributed by atoms with Gasteiger partial charge in [0.05, 0.1) is 12.7 Å². The standard InChI is InChI=1S/C19H20FNO4S/c1-11-7-8-12-15(9-11)26-18(17(12)19(23)24-2)21-16(22)10-25-14-6-4-3-5-13(14)20/h3-6,11H,7-10H2,1-2H3,(H,21,22)/t11-/m1/s1. The van der Waals surface area contributed by atoms with Crippen LogP contribution < -0.4 is 10.1 Å². The highest BCUT2D eigenvalue weighted by Crippen LogP contribution is 2.40. The lowest BCUT2D eigenvalue weighted by atomic mass is 9.88. The Morgan fingerprint density at radius 2 is 2.12 bits per heavy atom. The van der Waals surface area contributed by atoms with E-state index in [4.69, 9.17) is 9.47 Å². The molecule has 0 fully saturated rings. The third kappa shape index (κ3) is 3.88. The molecular weight excluding hydrogens is 357 g/mol. The number of anilines is 1. The lowest BCUT2D eigenvalue weighted by molar-refractivity contribution is -0.118. The number of rotatable bonds is 5. The molecule has 0 radical (unpaired) electrons. The predicted molar refractivity (Wildman–Crippen MR) is 97.4 cm³/mol. The van der Waals surface area contributed by atoms with Crippen LogP contribution in [0.25, 0.3) is 0 Å². The number of amides is 1. The SMILES string of the molecule is COC(=O)c1c(NC(=O)COc2ccccc2F)sc2c1CC[C@@H](C)C2. The Labute approximate surface area is 155 Å². The molecule has 3 rings (SSSR count). The number of para-hydroxylation sites is 1. The summed E-state index contributed by atoms with van der Waals surface area (Å²) in [4.78, 5) is 25.5. The third-order valence-electron chi connectivity index (χ3n) is 4.35. The monoisotopic (exact) mass is 377 g/mol. The Morgan fingerprint density at radius 1 is 1.35 bits per heavy atom. The zero-order valence-corrected chi connectivity index (χ0v) is 15.5. The predicted octanol–water partition coefficient (Wildman–Crippen LogP) is 3.82. The van der Waals surface area contributed by atoms with E-state index in [1.54, 1.807) is 12.1 Å². The Kier molecular flexibility index (Phi) is 5.56. The van der Waals surface area contributed by atoms with Gasteiger partial charge in [-0.05, 0) is 42.9 Å². The van der Waals surface area contributed by atoms with Crippen molar-refractivity contribution in [3.63, 3.8) is 0 Å². The van der Waals surface area contributed by atoms with Crippen molar-refractivity contribution >= 4 is 28.2 Å². The molecule has 0 aliphatic heterocycles. The summed E-state index contributed by atoms with van der Waals surface area (Å²) in [6.45, 7) is 1.82. The maximum Gasteiger partial charge on any atom is 0.341 e.